The number of benzene rings is 1. The molecule has 102 valence electrons. The Bertz CT molecular complexity index is 685. The Labute approximate surface area is 121 Å². The van der Waals surface area contributed by atoms with Crippen molar-refractivity contribution >= 4 is 17.4 Å². The average molecular weight is 288 g/mol. The van der Waals surface area contributed by atoms with Gasteiger partial charge in [0.2, 0.25) is 0 Å². The van der Waals surface area contributed by atoms with Crippen LogP contribution in [0.25, 0.3) is 5.69 Å². The molecule has 5 nitrogen and oxygen atoms in total. The summed E-state index contributed by atoms with van der Waals surface area (Å²) in [7, 11) is 0. The lowest BCUT2D eigenvalue weighted by atomic mass is 10.1. The van der Waals surface area contributed by atoms with Crippen LogP contribution < -0.4 is 0 Å². The predicted octanol–water partition coefficient (Wildman–Crippen LogP) is 2.28. The highest BCUT2D eigenvalue weighted by atomic mass is 35.5. The van der Waals surface area contributed by atoms with E-state index >= 15 is 0 Å². The molecule has 0 aliphatic carbocycles. The standard InChI is InChI=1S/C14H14ClN5/c15-10-3-4-12-11(7-10)14(19-5-1-2-6-19)16-8-13-18-17-9-20(12)13/h3-4,7,9H,1-2,5-6,8H2. The van der Waals surface area contributed by atoms with E-state index in [1.54, 1.807) is 6.33 Å². The average Bonchev–Trinajstić information content (AvgIpc) is 3.09. The van der Waals surface area contributed by atoms with Crippen LogP contribution in [0.15, 0.2) is 29.5 Å². The third kappa shape index (κ3) is 1.81. The molecule has 0 radical (unpaired) electrons. The molecule has 1 saturated heterocycles. The minimum atomic E-state index is 0.554. The van der Waals surface area contributed by atoms with Gasteiger partial charge in [0, 0.05) is 23.7 Å². The maximum atomic E-state index is 6.19. The third-order valence-electron chi connectivity index (χ3n) is 3.85. The Hall–Kier alpha value is -1.88. The second kappa shape index (κ2) is 4.59. The van der Waals surface area contributed by atoms with Crippen molar-refractivity contribution in [3.05, 3.63) is 40.9 Å². The number of aromatic nitrogens is 3. The van der Waals surface area contributed by atoms with E-state index in [0.29, 0.717) is 6.54 Å². The number of rotatable bonds is 0. The quantitative estimate of drug-likeness (QED) is 0.747. The van der Waals surface area contributed by atoms with Crippen molar-refractivity contribution in [2.75, 3.05) is 13.1 Å². The zero-order valence-electron chi connectivity index (χ0n) is 11.0. The summed E-state index contributed by atoms with van der Waals surface area (Å²) in [5.41, 5.74) is 2.12. The molecule has 0 atom stereocenters. The van der Waals surface area contributed by atoms with E-state index in [4.69, 9.17) is 16.6 Å². The third-order valence-corrected chi connectivity index (χ3v) is 4.09. The van der Waals surface area contributed by atoms with Crippen LogP contribution in [0.1, 0.15) is 24.2 Å². The summed E-state index contributed by atoms with van der Waals surface area (Å²) in [5, 5.41) is 8.87. The summed E-state index contributed by atoms with van der Waals surface area (Å²) in [5.74, 6) is 1.90. The lowest BCUT2D eigenvalue weighted by Crippen LogP contribution is -2.29. The van der Waals surface area contributed by atoms with Crippen LogP contribution >= 0.6 is 11.6 Å². The van der Waals surface area contributed by atoms with E-state index in [2.05, 4.69) is 15.1 Å². The molecule has 1 aromatic carbocycles. The van der Waals surface area contributed by atoms with Gasteiger partial charge < -0.3 is 4.90 Å². The molecular weight excluding hydrogens is 274 g/mol. The van der Waals surface area contributed by atoms with Crippen LogP contribution in [0.3, 0.4) is 0 Å². The second-order valence-electron chi connectivity index (χ2n) is 5.11. The summed E-state index contributed by atoms with van der Waals surface area (Å²) in [6.07, 6.45) is 4.19. The molecular formula is C14H14ClN5. The first kappa shape index (κ1) is 11.9. The first-order valence-electron chi connectivity index (χ1n) is 6.81. The van der Waals surface area contributed by atoms with Crippen molar-refractivity contribution in [3.8, 4) is 5.69 Å². The Kier molecular flexibility index (Phi) is 2.73. The van der Waals surface area contributed by atoms with Crippen LogP contribution in [0.2, 0.25) is 5.02 Å². The maximum absolute atomic E-state index is 6.19. The van der Waals surface area contributed by atoms with Gasteiger partial charge in [0.1, 0.15) is 18.7 Å². The maximum Gasteiger partial charge on any atom is 0.159 e. The van der Waals surface area contributed by atoms with Crippen molar-refractivity contribution in [1.29, 1.82) is 0 Å². The second-order valence-corrected chi connectivity index (χ2v) is 5.55. The lowest BCUT2D eigenvalue weighted by Gasteiger charge is -2.21. The van der Waals surface area contributed by atoms with Crippen molar-refractivity contribution in [1.82, 2.24) is 19.7 Å². The Morgan fingerprint density at radius 1 is 1.15 bits per heavy atom. The van der Waals surface area contributed by atoms with E-state index in [1.807, 2.05) is 22.8 Å². The highest BCUT2D eigenvalue weighted by molar-refractivity contribution is 6.31. The fourth-order valence-electron chi connectivity index (χ4n) is 2.90. The van der Waals surface area contributed by atoms with Gasteiger partial charge in [-0.2, -0.15) is 0 Å². The van der Waals surface area contributed by atoms with Crippen LogP contribution in [0, 0.1) is 0 Å². The van der Waals surface area contributed by atoms with Crippen LogP contribution in [-0.2, 0) is 6.54 Å². The molecule has 0 N–H and O–H groups in total. The monoisotopic (exact) mass is 287 g/mol. The fraction of sp³-hybridized carbons (Fsp3) is 0.357. The molecule has 3 heterocycles. The molecule has 0 spiro atoms. The highest BCUT2D eigenvalue weighted by Crippen LogP contribution is 2.26. The SMILES string of the molecule is Clc1ccc2c(c1)C(N1CCCC1)=NCc1nncn1-2. The van der Waals surface area contributed by atoms with Crippen molar-refractivity contribution in [2.24, 2.45) is 4.99 Å². The Balaban J connectivity index is 1.91. The number of aliphatic imine (C=N–C) groups is 1. The van der Waals surface area contributed by atoms with Gasteiger partial charge in [-0.1, -0.05) is 11.6 Å². The van der Waals surface area contributed by atoms with E-state index in [1.165, 1.54) is 12.8 Å². The molecule has 1 aromatic heterocycles. The fourth-order valence-corrected chi connectivity index (χ4v) is 3.07. The Morgan fingerprint density at radius 2 is 2.00 bits per heavy atom. The molecule has 4 rings (SSSR count). The summed E-state index contributed by atoms with van der Waals surface area (Å²) in [6, 6.07) is 5.90. The minimum Gasteiger partial charge on any atom is -0.356 e. The van der Waals surface area contributed by atoms with Crippen LogP contribution in [0.4, 0.5) is 0 Å². The number of amidine groups is 1. The molecule has 0 bridgehead atoms. The molecule has 0 amide bonds. The van der Waals surface area contributed by atoms with E-state index in [9.17, 15) is 0 Å². The van der Waals surface area contributed by atoms with E-state index in [-0.39, 0.29) is 0 Å². The van der Waals surface area contributed by atoms with Gasteiger partial charge in [0.05, 0.1) is 5.69 Å². The molecule has 2 aliphatic heterocycles. The van der Waals surface area contributed by atoms with Gasteiger partial charge in [-0.25, -0.2) is 0 Å². The normalized spacial score (nSPS) is 17.4. The van der Waals surface area contributed by atoms with Crippen LogP contribution in [0.5, 0.6) is 0 Å². The summed E-state index contributed by atoms with van der Waals surface area (Å²) in [6.45, 7) is 2.68. The van der Waals surface area contributed by atoms with Gasteiger partial charge in [-0.3, -0.25) is 9.56 Å². The molecule has 20 heavy (non-hydrogen) atoms. The first-order chi connectivity index (χ1) is 9.83. The molecule has 0 saturated carbocycles. The highest BCUT2D eigenvalue weighted by Gasteiger charge is 2.24. The van der Waals surface area contributed by atoms with E-state index in [0.717, 1.165) is 41.0 Å². The van der Waals surface area contributed by atoms with Gasteiger partial charge >= 0.3 is 0 Å². The number of nitrogens with zero attached hydrogens (tertiary/aromatic N) is 5. The van der Waals surface area contributed by atoms with Crippen molar-refractivity contribution < 1.29 is 0 Å². The number of hydrogen-bond donors (Lipinski definition) is 0. The molecule has 6 heteroatoms. The zero-order chi connectivity index (χ0) is 13.5. The Morgan fingerprint density at radius 3 is 2.85 bits per heavy atom. The minimum absolute atomic E-state index is 0.554. The van der Waals surface area contributed by atoms with Crippen molar-refractivity contribution in [3.63, 3.8) is 0 Å². The topological polar surface area (TPSA) is 46.3 Å². The molecule has 2 aliphatic rings. The molecule has 0 unspecified atom stereocenters. The first-order valence-corrected chi connectivity index (χ1v) is 7.19. The van der Waals surface area contributed by atoms with E-state index < -0.39 is 0 Å². The van der Waals surface area contributed by atoms with Crippen molar-refractivity contribution in [2.45, 2.75) is 19.4 Å². The number of hydrogen-bond acceptors (Lipinski definition) is 4. The summed E-state index contributed by atoms with van der Waals surface area (Å²) < 4.78 is 2.00. The number of halogens is 1. The van der Waals surface area contributed by atoms with Gasteiger partial charge in [-0.05, 0) is 31.0 Å². The summed E-state index contributed by atoms with van der Waals surface area (Å²) in [4.78, 5) is 7.10. The molecule has 2 aromatic rings. The van der Waals surface area contributed by atoms with Crippen LogP contribution in [-0.4, -0.2) is 38.6 Å². The van der Waals surface area contributed by atoms with Gasteiger partial charge in [-0.15, -0.1) is 10.2 Å². The van der Waals surface area contributed by atoms with Gasteiger partial charge in [0.15, 0.2) is 5.82 Å². The zero-order valence-corrected chi connectivity index (χ0v) is 11.7. The lowest BCUT2D eigenvalue weighted by molar-refractivity contribution is 0.518. The predicted molar refractivity (Wildman–Crippen MR) is 77.4 cm³/mol. The van der Waals surface area contributed by atoms with Gasteiger partial charge in [0.25, 0.3) is 0 Å². The summed E-state index contributed by atoms with van der Waals surface area (Å²) >= 11 is 6.19. The largest absolute Gasteiger partial charge is 0.356 e. The molecule has 1 fully saturated rings. The number of likely N-dealkylation sites (tertiary alicyclic amines) is 1. The number of fused-ring (bicyclic) bond motifs is 3. The smallest absolute Gasteiger partial charge is 0.159 e.